The van der Waals surface area contributed by atoms with E-state index in [0.29, 0.717) is 5.41 Å². The molecule has 0 amide bonds. The minimum Gasteiger partial charge on any atom is -0.307 e. The second-order valence-electron chi connectivity index (χ2n) is 5.07. The Morgan fingerprint density at radius 1 is 1.46 bits per heavy atom. The fraction of sp³-hybridized carbons (Fsp3) is 0.818. The molecule has 3 atom stereocenters. The predicted molar refractivity (Wildman–Crippen MR) is 53.6 cm³/mol. The minimum atomic E-state index is 0.524. The summed E-state index contributed by atoms with van der Waals surface area (Å²) in [5, 5.41) is 7.23. The van der Waals surface area contributed by atoms with Crippen molar-refractivity contribution in [3.05, 3.63) is 0 Å². The highest BCUT2D eigenvalue weighted by molar-refractivity contribution is 6.30. The van der Waals surface area contributed by atoms with Crippen LogP contribution >= 0.6 is 0 Å². The Hall–Kier alpha value is -0.660. The molecule has 0 radical (unpaired) electrons. The van der Waals surface area contributed by atoms with Gasteiger partial charge in [0.15, 0.2) is 0 Å². The van der Waals surface area contributed by atoms with Gasteiger partial charge in [-0.2, -0.15) is 0 Å². The second-order valence-corrected chi connectivity index (χ2v) is 5.07. The molecule has 1 spiro atoms. The largest absolute Gasteiger partial charge is 0.307 e. The summed E-state index contributed by atoms with van der Waals surface area (Å²) in [6, 6.07) is 0. The van der Waals surface area contributed by atoms with Gasteiger partial charge in [0, 0.05) is 12.8 Å². The maximum Gasteiger partial charge on any atom is 0.0530 e. The van der Waals surface area contributed by atoms with Crippen molar-refractivity contribution in [3.8, 4) is 0 Å². The summed E-state index contributed by atoms with van der Waals surface area (Å²) in [6.07, 6.45) is 8.33. The van der Waals surface area contributed by atoms with Crippen LogP contribution in [0.2, 0.25) is 0 Å². The van der Waals surface area contributed by atoms with Crippen LogP contribution < -0.4 is 0 Å². The molecule has 1 heterocycles. The van der Waals surface area contributed by atoms with E-state index in [0.717, 1.165) is 30.5 Å². The van der Waals surface area contributed by atoms with E-state index in [9.17, 15) is 0 Å². The van der Waals surface area contributed by atoms with Crippen molar-refractivity contribution in [3.63, 3.8) is 0 Å². The summed E-state index contributed by atoms with van der Waals surface area (Å²) in [5.74, 6) is 1.95. The maximum absolute atomic E-state index is 7.23. The topological polar surface area (TPSA) is 36.2 Å². The van der Waals surface area contributed by atoms with Crippen molar-refractivity contribution in [1.82, 2.24) is 0 Å². The molecule has 2 nitrogen and oxygen atoms in total. The lowest BCUT2D eigenvalue weighted by Crippen LogP contribution is -2.29. The first-order chi connectivity index (χ1) is 6.32. The molecule has 0 aromatic rings. The third kappa shape index (κ3) is 0.946. The van der Waals surface area contributed by atoms with Gasteiger partial charge in [-0.15, -0.1) is 0 Å². The molecule has 2 bridgehead atoms. The van der Waals surface area contributed by atoms with Gasteiger partial charge < -0.3 is 5.41 Å². The van der Waals surface area contributed by atoms with Crippen molar-refractivity contribution < 1.29 is 0 Å². The van der Waals surface area contributed by atoms with Crippen LogP contribution in [0.25, 0.3) is 0 Å². The van der Waals surface area contributed by atoms with Crippen LogP contribution in [0.4, 0.5) is 0 Å². The molecule has 2 saturated carbocycles. The summed E-state index contributed by atoms with van der Waals surface area (Å²) in [5.41, 5.74) is 1.57. The smallest absolute Gasteiger partial charge is 0.0530 e. The lowest BCUT2D eigenvalue weighted by atomic mass is 9.71. The van der Waals surface area contributed by atoms with Crippen molar-refractivity contribution in [1.29, 1.82) is 5.41 Å². The maximum atomic E-state index is 7.23. The van der Waals surface area contributed by atoms with E-state index in [-0.39, 0.29) is 0 Å². The number of nitrogens with one attached hydrogen (secondary N) is 1. The molecular weight excluding hydrogens is 160 g/mol. The van der Waals surface area contributed by atoms with Gasteiger partial charge in [0.2, 0.25) is 0 Å². The van der Waals surface area contributed by atoms with E-state index in [1.807, 2.05) is 0 Å². The zero-order valence-electron chi connectivity index (χ0n) is 7.92. The zero-order chi connectivity index (χ0) is 8.89. The molecule has 1 N–H and O–H groups in total. The molecule has 3 unspecified atom stereocenters. The Labute approximate surface area is 79.0 Å². The number of aliphatic imine (C=N–C) groups is 1. The first-order valence-corrected chi connectivity index (χ1v) is 5.36. The first kappa shape index (κ1) is 7.72. The Morgan fingerprint density at radius 3 is 2.92 bits per heavy atom. The quantitative estimate of drug-likeness (QED) is 0.595. The Bertz CT molecular complexity index is 282. The van der Waals surface area contributed by atoms with Gasteiger partial charge in [0.25, 0.3) is 0 Å². The van der Waals surface area contributed by atoms with Crippen LogP contribution in [0.15, 0.2) is 4.99 Å². The normalized spacial score (nSPS) is 47.2. The summed E-state index contributed by atoms with van der Waals surface area (Å²) in [4.78, 5) is 4.48. The van der Waals surface area contributed by atoms with Crippen LogP contribution in [0.1, 0.15) is 32.1 Å². The number of hydrogen-bond donors (Lipinski definition) is 1. The Balaban J connectivity index is 1.83. The highest BCUT2D eigenvalue weighted by Crippen LogP contribution is 2.59. The zero-order valence-corrected chi connectivity index (χ0v) is 7.92. The number of fused-ring (bicyclic) bond motifs is 3. The second kappa shape index (κ2) is 2.43. The van der Waals surface area contributed by atoms with Crippen LogP contribution in [0.3, 0.4) is 0 Å². The van der Waals surface area contributed by atoms with Crippen LogP contribution in [0.5, 0.6) is 0 Å². The standard InChI is InChI=1S/C11H16N2/c12-6-10-5-11(7-13-10)4-8-1-2-9(11)3-8/h6,8-9,12H,1-5,7H2. The number of rotatable bonds is 1. The van der Waals surface area contributed by atoms with Gasteiger partial charge in [0.1, 0.15) is 0 Å². The van der Waals surface area contributed by atoms with E-state index >= 15 is 0 Å². The van der Waals surface area contributed by atoms with Gasteiger partial charge >= 0.3 is 0 Å². The number of hydrogen-bond acceptors (Lipinski definition) is 2. The van der Waals surface area contributed by atoms with Crippen molar-refractivity contribution >= 4 is 11.9 Å². The van der Waals surface area contributed by atoms with E-state index in [1.54, 1.807) is 0 Å². The fourth-order valence-electron chi connectivity index (χ4n) is 3.80. The van der Waals surface area contributed by atoms with Crippen molar-refractivity contribution in [2.45, 2.75) is 32.1 Å². The monoisotopic (exact) mass is 176 g/mol. The van der Waals surface area contributed by atoms with Crippen molar-refractivity contribution in [2.75, 3.05) is 6.54 Å². The molecule has 1 aliphatic heterocycles. The number of nitrogens with zero attached hydrogens (tertiary/aromatic N) is 1. The van der Waals surface area contributed by atoms with Crippen LogP contribution in [-0.4, -0.2) is 18.5 Å². The summed E-state index contributed by atoms with van der Waals surface area (Å²) in [7, 11) is 0. The molecule has 2 fully saturated rings. The molecule has 70 valence electrons. The molecule has 0 saturated heterocycles. The van der Waals surface area contributed by atoms with E-state index in [4.69, 9.17) is 5.41 Å². The molecule has 13 heavy (non-hydrogen) atoms. The lowest BCUT2D eigenvalue weighted by molar-refractivity contribution is 0.195. The predicted octanol–water partition coefficient (Wildman–Crippen LogP) is 2.29. The van der Waals surface area contributed by atoms with E-state index in [1.165, 1.54) is 31.9 Å². The third-order valence-electron chi connectivity index (χ3n) is 4.40. The average Bonchev–Trinajstić information content (AvgIpc) is 2.80. The van der Waals surface area contributed by atoms with Gasteiger partial charge in [0.05, 0.1) is 5.71 Å². The van der Waals surface area contributed by atoms with Crippen LogP contribution in [-0.2, 0) is 0 Å². The molecule has 2 heteroatoms. The summed E-state index contributed by atoms with van der Waals surface area (Å²) in [6.45, 7) is 1.03. The van der Waals surface area contributed by atoms with Crippen LogP contribution in [0, 0.1) is 22.7 Å². The molecule has 0 aromatic carbocycles. The van der Waals surface area contributed by atoms with Gasteiger partial charge in [-0.1, -0.05) is 6.42 Å². The molecular formula is C11H16N2. The highest BCUT2D eigenvalue weighted by Gasteiger charge is 2.52. The van der Waals surface area contributed by atoms with E-state index < -0.39 is 0 Å². The highest BCUT2D eigenvalue weighted by atomic mass is 14.8. The Kier molecular flexibility index (Phi) is 1.44. The fourth-order valence-corrected chi connectivity index (χ4v) is 3.80. The molecule has 0 aromatic heterocycles. The molecule has 3 aliphatic rings. The Morgan fingerprint density at radius 2 is 2.38 bits per heavy atom. The summed E-state index contributed by atoms with van der Waals surface area (Å²) < 4.78 is 0. The van der Waals surface area contributed by atoms with E-state index in [2.05, 4.69) is 4.99 Å². The van der Waals surface area contributed by atoms with Crippen molar-refractivity contribution in [2.24, 2.45) is 22.2 Å². The first-order valence-electron chi connectivity index (χ1n) is 5.36. The molecule has 3 rings (SSSR count). The van der Waals surface area contributed by atoms with Gasteiger partial charge in [-0.3, -0.25) is 4.99 Å². The molecule has 2 aliphatic carbocycles. The summed E-state index contributed by atoms with van der Waals surface area (Å²) >= 11 is 0. The average molecular weight is 176 g/mol. The lowest BCUT2D eigenvalue weighted by Gasteiger charge is -2.32. The SMILES string of the molecule is N=CC1=NCC2(C1)CC1CCC2C1. The van der Waals surface area contributed by atoms with Gasteiger partial charge in [-0.05, 0) is 42.9 Å². The van der Waals surface area contributed by atoms with Gasteiger partial charge in [-0.25, -0.2) is 0 Å². The third-order valence-corrected chi connectivity index (χ3v) is 4.40. The minimum absolute atomic E-state index is 0.524.